The Kier molecular flexibility index (Phi) is 5.90. The molecule has 0 radical (unpaired) electrons. The first-order chi connectivity index (χ1) is 14.6. The third kappa shape index (κ3) is 4.41. The Morgan fingerprint density at radius 1 is 0.967 bits per heavy atom. The van der Waals surface area contributed by atoms with Gasteiger partial charge in [0.15, 0.2) is 12.4 Å². The smallest absolute Gasteiger partial charge is 0.343 e. The summed E-state index contributed by atoms with van der Waals surface area (Å²) in [7, 11) is 1.33. The number of benzene rings is 3. The molecule has 4 aromatic rings. The van der Waals surface area contributed by atoms with Crippen LogP contribution in [0, 0.1) is 0 Å². The van der Waals surface area contributed by atoms with Gasteiger partial charge in [-0.3, -0.25) is 0 Å². The number of esters is 1. The lowest BCUT2D eigenvalue weighted by atomic mass is 10.0. The van der Waals surface area contributed by atoms with E-state index < -0.39 is 5.97 Å². The van der Waals surface area contributed by atoms with Gasteiger partial charge in [0.25, 0.3) is 0 Å². The van der Waals surface area contributed by atoms with Crippen molar-refractivity contribution in [2.75, 3.05) is 19.0 Å². The molecule has 150 valence electrons. The second kappa shape index (κ2) is 8.92. The van der Waals surface area contributed by atoms with Crippen molar-refractivity contribution in [2.45, 2.75) is 0 Å². The standard InChI is InChI=1S/C23H18BrN3O3/c1-29-21(28)14-30-18-11-9-15(10-12-18)22-19-7-2-3-8-20(19)23(27-26-22)25-17-6-4-5-16(24)13-17/h2-13H,14H2,1H3,(H,25,27). The number of carbonyl (C=O) groups excluding carboxylic acids is 1. The van der Waals surface area contributed by atoms with Crippen LogP contribution in [-0.4, -0.2) is 29.9 Å². The van der Waals surface area contributed by atoms with E-state index >= 15 is 0 Å². The van der Waals surface area contributed by atoms with Gasteiger partial charge in [-0.05, 0) is 42.5 Å². The highest BCUT2D eigenvalue weighted by Crippen LogP contribution is 2.32. The Hall–Kier alpha value is -3.45. The van der Waals surface area contributed by atoms with E-state index in [1.807, 2.05) is 60.7 Å². The van der Waals surface area contributed by atoms with Crippen LogP contribution in [0.1, 0.15) is 0 Å². The van der Waals surface area contributed by atoms with Crippen molar-refractivity contribution in [3.8, 4) is 17.0 Å². The Labute approximate surface area is 182 Å². The highest BCUT2D eigenvalue weighted by Gasteiger charge is 2.12. The number of ether oxygens (including phenoxy) is 2. The minimum Gasteiger partial charge on any atom is -0.482 e. The monoisotopic (exact) mass is 463 g/mol. The second-order valence-electron chi connectivity index (χ2n) is 6.47. The number of nitrogens with one attached hydrogen (secondary N) is 1. The van der Waals surface area contributed by atoms with Crippen molar-refractivity contribution in [2.24, 2.45) is 0 Å². The average molecular weight is 464 g/mol. The molecule has 0 bridgehead atoms. The van der Waals surface area contributed by atoms with Gasteiger partial charge in [-0.2, -0.15) is 0 Å². The number of methoxy groups -OCH3 is 1. The van der Waals surface area contributed by atoms with E-state index in [1.54, 1.807) is 12.1 Å². The van der Waals surface area contributed by atoms with Crippen LogP contribution >= 0.6 is 15.9 Å². The molecule has 0 saturated heterocycles. The van der Waals surface area contributed by atoms with Crippen LogP contribution in [0.15, 0.2) is 77.3 Å². The van der Waals surface area contributed by atoms with Gasteiger partial charge >= 0.3 is 5.97 Å². The van der Waals surface area contributed by atoms with E-state index in [0.29, 0.717) is 11.6 Å². The van der Waals surface area contributed by atoms with E-state index in [1.165, 1.54) is 7.11 Å². The predicted octanol–water partition coefficient (Wildman–Crippen LogP) is 5.35. The van der Waals surface area contributed by atoms with Crippen molar-refractivity contribution in [3.05, 3.63) is 77.3 Å². The van der Waals surface area contributed by atoms with Gasteiger partial charge in [0.2, 0.25) is 0 Å². The molecule has 0 aliphatic rings. The average Bonchev–Trinajstić information content (AvgIpc) is 2.78. The van der Waals surface area contributed by atoms with Gasteiger partial charge in [-0.1, -0.05) is 46.3 Å². The van der Waals surface area contributed by atoms with Crippen molar-refractivity contribution in [1.82, 2.24) is 10.2 Å². The highest BCUT2D eigenvalue weighted by molar-refractivity contribution is 9.10. The van der Waals surface area contributed by atoms with Gasteiger partial charge in [-0.25, -0.2) is 4.79 Å². The summed E-state index contributed by atoms with van der Waals surface area (Å²) in [6, 6.07) is 23.2. The van der Waals surface area contributed by atoms with E-state index in [9.17, 15) is 4.79 Å². The van der Waals surface area contributed by atoms with Crippen LogP contribution in [0.4, 0.5) is 11.5 Å². The largest absolute Gasteiger partial charge is 0.482 e. The van der Waals surface area contributed by atoms with Gasteiger partial charge in [-0.15, -0.1) is 10.2 Å². The maximum Gasteiger partial charge on any atom is 0.343 e. The van der Waals surface area contributed by atoms with Gasteiger partial charge in [0.1, 0.15) is 11.4 Å². The van der Waals surface area contributed by atoms with Crippen LogP contribution in [0.25, 0.3) is 22.0 Å². The molecule has 0 amide bonds. The molecule has 1 heterocycles. The zero-order valence-electron chi connectivity index (χ0n) is 16.1. The molecule has 0 fully saturated rings. The molecule has 0 aliphatic heterocycles. The molecule has 3 aromatic carbocycles. The summed E-state index contributed by atoms with van der Waals surface area (Å²) >= 11 is 3.48. The highest BCUT2D eigenvalue weighted by atomic mass is 79.9. The lowest BCUT2D eigenvalue weighted by Gasteiger charge is -2.12. The number of hydrogen-bond acceptors (Lipinski definition) is 6. The first-order valence-corrected chi connectivity index (χ1v) is 10.0. The number of aromatic nitrogens is 2. The number of fused-ring (bicyclic) bond motifs is 1. The summed E-state index contributed by atoms with van der Waals surface area (Å²) in [5.74, 6) is 0.837. The lowest BCUT2D eigenvalue weighted by Crippen LogP contribution is -2.12. The minimum absolute atomic E-state index is 0.130. The van der Waals surface area contributed by atoms with Crippen LogP contribution in [0.5, 0.6) is 5.75 Å². The number of anilines is 2. The summed E-state index contributed by atoms with van der Waals surface area (Å²) in [6.07, 6.45) is 0. The Bertz CT molecular complexity index is 1200. The quantitative estimate of drug-likeness (QED) is 0.388. The van der Waals surface area contributed by atoms with E-state index in [-0.39, 0.29) is 6.61 Å². The van der Waals surface area contributed by atoms with Crippen LogP contribution in [-0.2, 0) is 9.53 Å². The summed E-state index contributed by atoms with van der Waals surface area (Å²) in [5.41, 5.74) is 2.59. The van der Waals surface area contributed by atoms with Crippen molar-refractivity contribution >= 4 is 44.2 Å². The number of halogens is 1. The van der Waals surface area contributed by atoms with Crippen molar-refractivity contribution < 1.29 is 14.3 Å². The molecule has 0 atom stereocenters. The van der Waals surface area contributed by atoms with Crippen LogP contribution < -0.4 is 10.1 Å². The number of hydrogen-bond donors (Lipinski definition) is 1. The normalized spacial score (nSPS) is 10.6. The fourth-order valence-corrected chi connectivity index (χ4v) is 3.42. The molecular weight excluding hydrogens is 446 g/mol. The summed E-state index contributed by atoms with van der Waals surface area (Å²) in [6.45, 7) is -0.130. The molecule has 30 heavy (non-hydrogen) atoms. The lowest BCUT2D eigenvalue weighted by molar-refractivity contribution is -0.142. The molecule has 6 nitrogen and oxygen atoms in total. The van der Waals surface area contributed by atoms with E-state index in [2.05, 4.69) is 36.2 Å². The predicted molar refractivity (Wildman–Crippen MR) is 120 cm³/mol. The fourth-order valence-electron chi connectivity index (χ4n) is 3.02. The zero-order valence-corrected chi connectivity index (χ0v) is 17.7. The molecule has 0 aliphatic carbocycles. The molecular formula is C23H18BrN3O3. The van der Waals surface area contributed by atoms with Gasteiger partial charge in [0, 0.05) is 26.5 Å². The zero-order chi connectivity index (χ0) is 20.9. The topological polar surface area (TPSA) is 73.3 Å². The molecule has 1 N–H and O–H groups in total. The molecule has 0 spiro atoms. The Morgan fingerprint density at radius 3 is 2.47 bits per heavy atom. The van der Waals surface area contributed by atoms with Crippen molar-refractivity contribution in [3.63, 3.8) is 0 Å². The SMILES string of the molecule is COC(=O)COc1ccc(-c2nnc(Nc3cccc(Br)c3)c3ccccc23)cc1. The van der Waals surface area contributed by atoms with E-state index in [0.717, 1.165) is 32.2 Å². The Morgan fingerprint density at radius 2 is 1.73 bits per heavy atom. The van der Waals surface area contributed by atoms with Crippen LogP contribution in [0.2, 0.25) is 0 Å². The second-order valence-corrected chi connectivity index (χ2v) is 7.38. The third-order valence-corrected chi connectivity index (χ3v) is 4.98. The Balaban J connectivity index is 1.65. The maximum atomic E-state index is 11.2. The number of rotatable bonds is 6. The molecule has 1 aromatic heterocycles. The number of carbonyl (C=O) groups is 1. The molecule has 7 heteroatoms. The van der Waals surface area contributed by atoms with Crippen molar-refractivity contribution in [1.29, 1.82) is 0 Å². The fraction of sp³-hybridized carbons (Fsp3) is 0.0870. The third-order valence-electron chi connectivity index (χ3n) is 4.49. The van der Waals surface area contributed by atoms with Gasteiger partial charge in [0.05, 0.1) is 7.11 Å². The van der Waals surface area contributed by atoms with Crippen LogP contribution in [0.3, 0.4) is 0 Å². The van der Waals surface area contributed by atoms with E-state index in [4.69, 9.17) is 4.74 Å². The summed E-state index contributed by atoms with van der Waals surface area (Å²) < 4.78 is 11.0. The molecule has 0 unspecified atom stereocenters. The minimum atomic E-state index is -0.426. The summed E-state index contributed by atoms with van der Waals surface area (Å²) in [5, 5.41) is 14.2. The first kappa shape index (κ1) is 19.8. The van der Waals surface area contributed by atoms with Gasteiger partial charge < -0.3 is 14.8 Å². The first-order valence-electron chi connectivity index (χ1n) is 9.22. The maximum absolute atomic E-state index is 11.2. The molecule has 0 saturated carbocycles. The molecule has 4 rings (SSSR count). The number of nitrogens with zero attached hydrogens (tertiary/aromatic N) is 2. The summed E-state index contributed by atoms with van der Waals surface area (Å²) in [4.78, 5) is 11.2.